The number of rotatable bonds is 7. The predicted octanol–water partition coefficient (Wildman–Crippen LogP) is 3.55. The molecule has 1 saturated heterocycles. The molecular weight excluding hydrogens is 390 g/mol. The quantitative estimate of drug-likeness (QED) is 0.602. The lowest BCUT2D eigenvalue weighted by atomic mass is 10.0. The molecule has 154 valence electrons. The molecule has 3 N–H and O–H groups in total. The van der Waals surface area contributed by atoms with E-state index in [4.69, 9.17) is 11.6 Å². The van der Waals surface area contributed by atoms with Crippen LogP contribution in [0.2, 0.25) is 5.02 Å². The fourth-order valence-electron chi connectivity index (χ4n) is 3.51. The molecule has 0 aromatic heterocycles. The third-order valence-electron chi connectivity index (χ3n) is 5.10. The van der Waals surface area contributed by atoms with Crippen molar-refractivity contribution in [3.05, 3.63) is 58.6 Å². The van der Waals surface area contributed by atoms with Crippen molar-refractivity contribution in [3.63, 3.8) is 0 Å². The van der Waals surface area contributed by atoms with Gasteiger partial charge in [0, 0.05) is 46.7 Å². The van der Waals surface area contributed by atoms with Crippen molar-refractivity contribution in [2.75, 3.05) is 30.3 Å². The Morgan fingerprint density at radius 2 is 1.93 bits per heavy atom. The molecule has 1 amide bonds. The molecule has 1 aliphatic rings. The first-order valence-electron chi connectivity index (χ1n) is 9.73. The fourth-order valence-corrected chi connectivity index (χ4v) is 3.70. The third-order valence-corrected chi connectivity index (χ3v) is 5.34. The molecule has 0 radical (unpaired) electrons. The van der Waals surface area contributed by atoms with Gasteiger partial charge in [0.15, 0.2) is 5.78 Å². The van der Waals surface area contributed by atoms with Gasteiger partial charge in [0.05, 0.1) is 13.2 Å². The zero-order valence-electron chi connectivity index (χ0n) is 16.5. The number of ketones is 1. The van der Waals surface area contributed by atoms with Crippen LogP contribution in [0.15, 0.2) is 42.5 Å². The van der Waals surface area contributed by atoms with Crippen molar-refractivity contribution in [3.8, 4) is 0 Å². The van der Waals surface area contributed by atoms with Crippen LogP contribution >= 0.6 is 11.6 Å². The Bertz CT molecular complexity index is 879. The number of aliphatic hydroxyl groups is 1. The molecule has 7 heteroatoms. The van der Waals surface area contributed by atoms with Gasteiger partial charge < -0.3 is 15.7 Å². The number of piperidine rings is 1. The highest BCUT2D eigenvalue weighted by Gasteiger charge is 2.21. The fraction of sp³-hybridized carbons (Fsp3) is 0.364. The predicted molar refractivity (Wildman–Crippen MR) is 116 cm³/mol. The standard InChI is InChI=1S/C22H26ClN3O3/c1-15(28)16-3-2-4-20(12-16)25-22(29)13-26-9-7-19(8-10-26)24-21-6-5-18(23)11-17(21)14-27/h2-6,11-12,19,24,27H,7-10,13-14H2,1H3,(H,25,29). The van der Waals surface area contributed by atoms with Crippen molar-refractivity contribution < 1.29 is 14.7 Å². The van der Waals surface area contributed by atoms with E-state index in [-0.39, 0.29) is 24.3 Å². The van der Waals surface area contributed by atoms with Crippen LogP contribution in [-0.4, -0.2) is 47.4 Å². The SMILES string of the molecule is CC(=O)c1cccc(NC(=O)CN2CCC(Nc3ccc(Cl)cc3CO)CC2)c1. The number of nitrogens with one attached hydrogen (secondary N) is 2. The van der Waals surface area contributed by atoms with E-state index in [2.05, 4.69) is 15.5 Å². The molecule has 0 saturated carbocycles. The Kier molecular flexibility index (Phi) is 7.25. The lowest BCUT2D eigenvalue weighted by Crippen LogP contribution is -2.42. The highest BCUT2D eigenvalue weighted by atomic mass is 35.5. The summed E-state index contributed by atoms with van der Waals surface area (Å²) in [4.78, 5) is 25.9. The van der Waals surface area contributed by atoms with Gasteiger partial charge in [-0.05, 0) is 50.1 Å². The molecule has 0 aliphatic carbocycles. The smallest absolute Gasteiger partial charge is 0.238 e. The van der Waals surface area contributed by atoms with Gasteiger partial charge in [-0.3, -0.25) is 14.5 Å². The lowest BCUT2D eigenvalue weighted by molar-refractivity contribution is -0.117. The van der Waals surface area contributed by atoms with E-state index in [0.717, 1.165) is 37.2 Å². The molecule has 1 aliphatic heterocycles. The van der Waals surface area contributed by atoms with Gasteiger partial charge in [0.2, 0.25) is 5.91 Å². The van der Waals surface area contributed by atoms with Crippen LogP contribution in [0.25, 0.3) is 0 Å². The number of carbonyl (C=O) groups is 2. The van der Waals surface area contributed by atoms with E-state index in [9.17, 15) is 14.7 Å². The van der Waals surface area contributed by atoms with Crippen LogP contribution in [0.1, 0.15) is 35.7 Å². The molecular formula is C22H26ClN3O3. The topological polar surface area (TPSA) is 81.7 Å². The molecule has 3 rings (SSSR count). The van der Waals surface area contributed by atoms with Crippen molar-refractivity contribution in [1.82, 2.24) is 4.90 Å². The van der Waals surface area contributed by atoms with E-state index in [0.29, 0.717) is 22.8 Å². The Balaban J connectivity index is 1.48. The molecule has 2 aromatic rings. The Labute approximate surface area is 175 Å². The first-order chi connectivity index (χ1) is 13.9. The van der Waals surface area contributed by atoms with E-state index in [1.165, 1.54) is 6.92 Å². The highest BCUT2D eigenvalue weighted by Crippen LogP contribution is 2.24. The number of benzene rings is 2. The van der Waals surface area contributed by atoms with Gasteiger partial charge in [-0.15, -0.1) is 0 Å². The van der Waals surface area contributed by atoms with Gasteiger partial charge in [0.25, 0.3) is 0 Å². The maximum Gasteiger partial charge on any atom is 0.238 e. The number of hydrogen-bond donors (Lipinski definition) is 3. The van der Waals surface area contributed by atoms with Crippen LogP contribution in [0, 0.1) is 0 Å². The summed E-state index contributed by atoms with van der Waals surface area (Å²) in [6, 6.07) is 12.7. The summed E-state index contributed by atoms with van der Waals surface area (Å²) in [5.41, 5.74) is 2.91. The first-order valence-corrected chi connectivity index (χ1v) is 10.1. The Morgan fingerprint density at radius 3 is 2.62 bits per heavy atom. The largest absolute Gasteiger partial charge is 0.392 e. The van der Waals surface area contributed by atoms with Crippen LogP contribution in [0.4, 0.5) is 11.4 Å². The average Bonchev–Trinajstić information content (AvgIpc) is 2.70. The highest BCUT2D eigenvalue weighted by molar-refractivity contribution is 6.30. The zero-order chi connectivity index (χ0) is 20.8. The first kappa shape index (κ1) is 21.3. The second-order valence-corrected chi connectivity index (χ2v) is 7.78. The molecule has 1 heterocycles. The van der Waals surface area contributed by atoms with E-state index in [1.807, 2.05) is 12.1 Å². The molecule has 0 bridgehead atoms. The monoisotopic (exact) mass is 415 g/mol. The number of Topliss-reactive ketones (excluding diaryl/α,β-unsaturated/α-hetero) is 1. The van der Waals surface area contributed by atoms with Gasteiger partial charge in [-0.1, -0.05) is 23.7 Å². The van der Waals surface area contributed by atoms with Crippen LogP contribution < -0.4 is 10.6 Å². The van der Waals surface area contributed by atoms with E-state index in [1.54, 1.807) is 30.3 Å². The van der Waals surface area contributed by atoms with Crippen molar-refractivity contribution in [2.24, 2.45) is 0 Å². The number of amides is 1. The van der Waals surface area contributed by atoms with Gasteiger partial charge in [0.1, 0.15) is 0 Å². The molecule has 6 nitrogen and oxygen atoms in total. The number of carbonyl (C=O) groups excluding carboxylic acids is 2. The molecule has 1 fully saturated rings. The van der Waals surface area contributed by atoms with Crippen molar-refractivity contribution in [1.29, 1.82) is 0 Å². The van der Waals surface area contributed by atoms with Gasteiger partial charge in [-0.2, -0.15) is 0 Å². The number of hydrogen-bond acceptors (Lipinski definition) is 5. The molecule has 0 atom stereocenters. The zero-order valence-corrected chi connectivity index (χ0v) is 17.2. The summed E-state index contributed by atoms with van der Waals surface area (Å²) in [7, 11) is 0. The minimum Gasteiger partial charge on any atom is -0.392 e. The summed E-state index contributed by atoms with van der Waals surface area (Å²) >= 11 is 5.99. The maximum absolute atomic E-state index is 12.4. The number of halogens is 1. The normalized spacial score (nSPS) is 15.1. The molecule has 2 aromatic carbocycles. The van der Waals surface area contributed by atoms with E-state index >= 15 is 0 Å². The molecule has 0 unspecified atom stereocenters. The molecule has 0 spiro atoms. The summed E-state index contributed by atoms with van der Waals surface area (Å²) < 4.78 is 0. The van der Waals surface area contributed by atoms with Crippen molar-refractivity contribution in [2.45, 2.75) is 32.4 Å². The minimum atomic E-state index is -0.0858. The summed E-state index contributed by atoms with van der Waals surface area (Å²) in [6.07, 6.45) is 1.81. The van der Waals surface area contributed by atoms with Crippen molar-refractivity contribution >= 4 is 34.7 Å². The number of anilines is 2. The Hall–Kier alpha value is -2.41. The number of likely N-dealkylation sites (tertiary alicyclic amines) is 1. The Morgan fingerprint density at radius 1 is 1.17 bits per heavy atom. The third kappa shape index (κ3) is 6.03. The summed E-state index contributed by atoms with van der Waals surface area (Å²) in [5.74, 6) is -0.113. The maximum atomic E-state index is 12.4. The van der Waals surface area contributed by atoms with Crippen LogP contribution in [-0.2, 0) is 11.4 Å². The average molecular weight is 416 g/mol. The van der Waals surface area contributed by atoms with E-state index < -0.39 is 0 Å². The minimum absolute atomic E-state index is 0.0271. The van der Waals surface area contributed by atoms with Gasteiger partial charge in [-0.25, -0.2) is 0 Å². The summed E-state index contributed by atoms with van der Waals surface area (Å²) in [5, 5.41) is 16.5. The van der Waals surface area contributed by atoms with Crippen LogP contribution in [0.3, 0.4) is 0 Å². The second kappa shape index (κ2) is 9.87. The summed E-state index contributed by atoms with van der Waals surface area (Å²) in [6.45, 7) is 3.38. The number of nitrogens with zero attached hydrogens (tertiary/aromatic N) is 1. The molecule has 29 heavy (non-hydrogen) atoms. The van der Waals surface area contributed by atoms with Crippen LogP contribution in [0.5, 0.6) is 0 Å². The number of aliphatic hydroxyl groups excluding tert-OH is 1. The second-order valence-electron chi connectivity index (χ2n) is 7.34. The lowest BCUT2D eigenvalue weighted by Gasteiger charge is -2.32. The van der Waals surface area contributed by atoms with Gasteiger partial charge >= 0.3 is 0 Å².